The second kappa shape index (κ2) is 11.8. The van der Waals surface area contributed by atoms with E-state index in [1.165, 1.54) is 72.7 Å². The molecular weight excluding hydrogens is 589 g/mol. The highest BCUT2D eigenvalue weighted by molar-refractivity contribution is 6.51. The number of H-pyrrole nitrogens is 1. The van der Waals surface area contributed by atoms with E-state index in [1.807, 2.05) is 0 Å². The number of aliphatic imine (C=N–C) groups is 4. The van der Waals surface area contributed by atoms with Crippen LogP contribution in [0.5, 0.6) is 0 Å². The van der Waals surface area contributed by atoms with Crippen LogP contribution in [0, 0.1) is 12.8 Å². The summed E-state index contributed by atoms with van der Waals surface area (Å²) in [7, 11) is 0. The first kappa shape index (κ1) is 32.5. The molecule has 2 N–H and O–H groups in total. The molecule has 250 valence electrons. The maximum absolute atomic E-state index is 5.52. The van der Waals surface area contributed by atoms with E-state index in [9.17, 15) is 0 Å². The number of nitrogens with zero attached hydrogens (tertiary/aromatic N) is 4. The third-order valence-corrected chi connectivity index (χ3v) is 12.2. The van der Waals surface area contributed by atoms with E-state index < -0.39 is 0 Å². The molecule has 4 atom stereocenters. The Kier molecular flexibility index (Phi) is 8.00. The van der Waals surface area contributed by atoms with E-state index in [1.54, 1.807) is 0 Å². The molecule has 7 heterocycles. The van der Waals surface area contributed by atoms with Crippen molar-refractivity contribution >= 4 is 28.9 Å². The van der Waals surface area contributed by atoms with Crippen molar-refractivity contribution in [1.82, 2.24) is 10.3 Å². The zero-order chi connectivity index (χ0) is 34.3. The van der Waals surface area contributed by atoms with Crippen LogP contribution in [0.15, 0.2) is 93.3 Å². The van der Waals surface area contributed by atoms with Crippen LogP contribution in [0.25, 0.3) is 6.08 Å². The predicted molar refractivity (Wildman–Crippen MR) is 203 cm³/mol. The lowest BCUT2D eigenvalue weighted by molar-refractivity contribution is 0.805. The molecule has 0 saturated carbocycles. The Morgan fingerprint density at radius 1 is 0.667 bits per heavy atom. The zero-order valence-corrected chi connectivity index (χ0v) is 31.1. The lowest BCUT2D eigenvalue weighted by Gasteiger charge is -2.16. The van der Waals surface area contributed by atoms with Gasteiger partial charge in [0.15, 0.2) is 0 Å². The van der Waals surface area contributed by atoms with Crippen molar-refractivity contribution in [2.24, 2.45) is 25.9 Å². The molecule has 6 nitrogen and oxygen atoms in total. The molecule has 0 amide bonds. The standard InChI is InChI=1S/C42H52N6/c1-13-27-23(9)39-35-19(5)20(6)36(47-35)41-25(11)29(15-3)33(45-41)18-34-30(16-4)26(12)42(46-34)38-22(8)21(7)37(48-38)40-24(10)28(14-2)32(44-40)17-31(27)43-39/h17-19,37,41-42,44,46H,13-16H2,1-12H3/b31-17?,34-18-. The van der Waals surface area contributed by atoms with E-state index in [2.05, 4.69) is 106 Å². The summed E-state index contributed by atoms with van der Waals surface area (Å²) in [5.41, 5.74) is 24.5. The largest absolute Gasteiger partial charge is 0.373 e. The Morgan fingerprint density at radius 2 is 1.38 bits per heavy atom. The Morgan fingerprint density at radius 3 is 2.04 bits per heavy atom. The molecule has 48 heavy (non-hydrogen) atoms. The molecule has 0 spiro atoms. The van der Waals surface area contributed by atoms with E-state index in [0.29, 0.717) is 0 Å². The molecule has 0 saturated heterocycles. The van der Waals surface area contributed by atoms with E-state index in [0.717, 1.165) is 65.6 Å². The molecule has 0 radical (unpaired) electrons. The average Bonchev–Trinajstić information content (AvgIpc) is 3.86. The molecule has 1 aromatic rings. The van der Waals surface area contributed by atoms with Crippen LogP contribution in [-0.2, 0) is 6.42 Å². The van der Waals surface area contributed by atoms with Gasteiger partial charge in [-0.25, -0.2) is 4.99 Å². The summed E-state index contributed by atoms with van der Waals surface area (Å²) in [6, 6.07) is -0.0527. The van der Waals surface area contributed by atoms with Gasteiger partial charge in [0, 0.05) is 23.0 Å². The van der Waals surface area contributed by atoms with Gasteiger partial charge in [-0.2, -0.15) is 0 Å². The third kappa shape index (κ3) is 4.58. The second-order valence-corrected chi connectivity index (χ2v) is 14.5. The SMILES string of the molecule is CCC1=C(C)C2=NC1=Cc1[nH]c(c(C)c1CC)C1N=C(C(C)=C1C)C1N/C(=C\C3=NC(C(C)=C3CC)C3=C(C)C(C)C2=N3)C(CC)=C1C. The summed E-state index contributed by atoms with van der Waals surface area (Å²) in [4.78, 5) is 25.6. The van der Waals surface area contributed by atoms with Gasteiger partial charge in [0.2, 0.25) is 0 Å². The lowest BCUT2D eigenvalue weighted by Crippen LogP contribution is -2.32. The lowest BCUT2D eigenvalue weighted by atomic mass is 9.90. The molecule has 7 rings (SSSR count). The average molecular weight is 641 g/mol. The fourth-order valence-corrected chi connectivity index (χ4v) is 8.96. The molecule has 4 unspecified atom stereocenters. The van der Waals surface area contributed by atoms with Crippen LogP contribution in [0.1, 0.15) is 124 Å². The number of rotatable bonds is 4. The van der Waals surface area contributed by atoms with Crippen molar-refractivity contribution in [2.75, 3.05) is 0 Å². The van der Waals surface area contributed by atoms with Gasteiger partial charge in [-0.05, 0) is 148 Å². The topological polar surface area (TPSA) is 77.3 Å². The first-order chi connectivity index (χ1) is 22.9. The minimum Gasteiger partial charge on any atom is -0.373 e. The summed E-state index contributed by atoms with van der Waals surface area (Å²) in [5, 5.41) is 3.95. The maximum atomic E-state index is 5.52. The Hall–Kier alpha value is -4.06. The molecular formula is C42H52N6. The third-order valence-electron chi connectivity index (χ3n) is 12.2. The molecule has 0 aliphatic carbocycles. The van der Waals surface area contributed by atoms with Crippen molar-refractivity contribution in [3.8, 4) is 0 Å². The van der Waals surface area contributed by atoms with Gasteiger partial charge in [0.25, 0.3) is 0 Å². The van der Waals surface area contributed by atoms with E-state index in [-0.39, 0.29) is 24.0 Å². The molecule has 6 aliphatic rings. The molecule has 0 fully saturated rings. The van der Waals surface area contributed by atoms with E-state index in [4.69, 9.17) is 20.0 Å². The van der Waals surface area contributed by atoms with Gasteiger partial charge < -0.3 is 10.3 Å². The molecule has 0 aromatic carbocycles. The number of hydrogen-bond donors (Lipinski definition) is 2. The highest BCUT2D eigenvalue weighted by atomic mass is 15.0. The summed E-state index contributed by atoms with van der Waals surface area (Å²) in [6.07, 6.45) is 8.36. The summed E-state index contributed by atoms with van der Waals surface area (Å²) >= 11 is 0. The van der Waals surface area contributed by atoms with Gasteiger partial charge in [-0.3, -0.25) is 15.0 Å². The maximum Gasteiger partial charge on any atom is 0.114 e. The van der Waals surface area contributed by atoms with Gasteiger partial charge in [-0.1, -0.05) is 34.6 Å². The fourth-order valence-electron chi connectivity index (χ4n) is 8.96. The highest BCUT2D eigenvalue weighted by Gasteiger charge is 2.39. The minimum absolute atomic E-state index is 0.0280. The summed E-state index contributed by atoms with van der Waals surface area (Å²) < 4.78 is 0. The van der Waals surface area contributed by atoms with Crippen molar-refractivity contribution in [2.45, 2.75) is 127 Å². The van der Waals surface area contributed by atoms with Crippen molar-refractivity contribution in [1.29, 1.82) is 0 Å². The van der Waals surface area contributed by atoms with Crippen LogP contribution in [0.2, 0.25) is 0 Å². The number of aromatic nitrogens is 1. The number of allylic oxidation sites excluding steroid dienone is 6. The zero-order valence-electron chi connectivity index (χ0n) is 31.1. The monoisotopic (exact) mass is 640 g/mol. The van der Waals surface area contributed by atoms with Gasteiger partial charge in [0.05, 0.1) is 40.3 Å². The smallest absolute Gasteiger partial charge is 0.114 e. The first-order valence-corrected chi connectivity index (χ1v) is 18.2. The van der Waals surface area contributed by atoms with Crippen LogP contribution < -0.4 is 5.32 Å². The first-order valence-electron chi connectivity index (χ1n) is 18.2. The Balaban J connectivity index is 1.49. The Bertz CT molecular complexity index is 2020. The van der Waals surface area contributed by atoms with E-state index >= 15 is 0 Å². The van der Waals surface area contributed by atoms with Crippen LogP contribution in [0.4, 0.5) is 0 Å². The molecule has 6 aliphatic heterocycles. The summed E-state index contributed by atoms with van der Waals surface area (Å²) in [6.45, 7) is 27.1. The summed E-state index contributed by atoms with van der Waals surface area (Å²) in [5.74, 6) is 0.183. The minimum atomic E-state index is -0.0723. The van der Waals surface area contributed by atoms with Crippen molar-refractivity contribution < 1.29 is 0 Å². The quantitative estimate of drug-likeness (QED) is 0.316. The van der Waals surface area contributed by atoms with Crippen LogP contribution >= 0.6 is 0 Å². The molecule has 1 aromatic heterocycles. The van der Waals surface area contributed by atoms with Crippen molar-refractivity contribution in [3.63, 3.8) is 0 Å². The van der Waals surface area contributed by atoms with Crippen LogP contribution in [-0.4, -0.2) is 39.9 Å². The number of aromatic amines is 1. The van der Waals surface area contributed by atoms with Gasteiger partial charge in [-0.15, -0.1) is 0 Å². The number of hydrogen-bond acceptors (Lipinski definition) is 5. The molecule has 6 heteroatoms. The fraction of sp³-hybridized carbons (Fsp3) is 0.476. The number of nitrogens with one attached hydrogen (secondary N) is 2. The molecule has 12 bridgehead atoms. The Labute approximate surface area is 287 Å². The second-order valence-electron chi connectivity index (χ2n) is 14.5. The van der Waals surface area contributed by atoms with Gasteiger partial charge >= 0.3 is 0 Å². The normalized spacial score (nSPS) is 27.8. The van der Waals surface area contributed by atoms with Crippen molar-refractivity contribution in [3.05, 3.63) is 95.8 Å². The highest BCUT2D eigenvalue weighted by Crippen LogP contribution is 2.43. The number of fused-ring (bicyclic) bond motifs is 12. The van der Waals surface area contributed by atoms with Crippen LogP contribution in [0.3, 0.4) is 0 Å². The predicted octanol–water partition coefficient (Wildman–Crippen LogP) is 9.75. The van der Waals surface area contributed by atoms with Gasteiger partial charge in [0.1, 0.15) is 12.1 Å².